The lowest BCUT2D eigenvalue weighted by Crippen LogP contribution is -2.62. The molecule has 12 heteroatoms. The van der Waals surface area contributed by atoms with Crippen LogP contribution in [0.25, 0.3) is 0 Å². The standard InChI is InChI=1S/C19H19FN2O8S/c1-28-15-10-19(18(24)25,16(30-15)17(21)23)22-31(26,27)14-8-6-13(7-9-14)29-12-4-2-11(20)3-5-12/h2-9,15-16,22H,10H2,1H3,(H2,21,23)(H,24,25). The number of ether oxygens (including phenoxy) is 3. The van der Waals surface area contributed by atoms with Gasteiger partial charge in [-0.15, -0.1) is 0 Å². The van der Waals surface area contributed by atoms with Crippen molar-refractivity contribution >= 4 is 21.9 Å². The van der Waals surface area contributed by atoms with Gasteiger partial charge in [0.1, 0.15) is 17.3 Å². The molecule has 0 saturated carbocycles. The number of sulfonamides is 1. The predicted molar refractivity (Wildman–Crippen MR) is 103 cm³/mol. The first-order valence-corrected chi connectivity index (χ1v) is 10.3. The number of halogens is 1. The van der Waals surface area contributed by atoms with Crippen molar-refractivity contribution in [2.45, 2.75) is 29.2 Å². The van der Waals surface area contributed by atoms with Crippen molar-refractivity contribution in [1.29, 1.82) is 0 Å². The first-order chi connectivity index (χ1) is 14.6. The minimum absolute atomic E-state index is 0.261. The van der Waals surface area contributed by atoms with Crippen LogP contribution in [0.2, 0.25) is 0 Å². The molecular formula is C19H19FN2O8S. The lowest BCUT2D eigenvalue weighted by atomic mass is 9.92. The van der Waals surface area contributed by atoms with Crippen molar-refractivity contribution < 1.29 is 41.7 Å². The average molecular weight is 454 g/mol. The molecule has 2 aromatic rings. The van der Waals surface area contributed by atoms with Gasteiger partial charge in [0.05, 0.1) is 4.90 Å². The van der Waals surface area contributed by atoms with Crippen LogP contribution in [-0.2, 0) is 29.1 Å². The first kappa shape index (κ1) is 22.6. The van der Waals surface area contributed by atoms with Crippen molar-refractivity contribution in [3.8, 4) is 11.5 Å². The van der Waals surface area contributed by atoms with E-state index in [0.29, 0.717) is 5.75 Å². The molecule has 31 heavy (non-hydrogen) atoms. The molecule has 0 bridgehead atoms. The number of primary amides is 1. The molecule has 1 fully saturated rings. The lowest BCUT2D eigenvalue weighted by molar-refractivity contribution is -0.156. The Balaban J connectivity index is 1.85. The number of nitrogens with one attached hydrogen (secondary N) is 1. The summed E-state index contributed by atoms with van der Waals surface area (Å²) in [6.45, 7) is 0. The highest BCUT2D eigenvalue weighted by atomic mass is 32.2. The van der Waals surface area contributed by atoms with Crippen LogP contribution in [0.4, 0.5) is 4.39 Å². The van der Waals surface area contributed by atoms with Gasteiger partial charge in [0.25, 0.3) is 0 Å². The molecule has 10 nitrogen and oxygen atoms in total. The maximum atomic E-state index is 13.0. The summed E-state index contributed by atoms with van der Waals surface area (Å²) in [5.41, 5.74) is 2.88. The van der Waals surface area contributed by atoms with E-state index < -0.39 is 52.1 Å². The number of nitrogens with two attached hydrogens (primary N) is 1. The topological polar surface area (TPSA) is 154 Å². The zero-order valence-electron chi connectivity index (χ0n) is 16.1. The van der Waals surface area contributed by atoms with Crippen LogP contribution in [0.15, 0.2) is 53.4 Å². The van der Waals surface area contributed by atoms with E-state index >= 15 is 0 Å². The normalized spacial score (nSPS) is 23.4. The number of carbonyl (C=O) groups is 2. The Labute approximate surface area is 176 Å². The van der Waals surface area contributed by atoms with E-state index in [-0.39, 0.29) is 10.6 Å². The third kappa shape index (κ3) is 4.66. The fourth-order valence-corrected chi connectivity index (χ4v) is 4.47. The van der Waals surface area contributed by atoms with Crippen LogP contribution < -0.4 is 15.2 Å². The quantitative estimate of drug-likeness (QED) is 0.533. The highest BCUT2D eigenvalue weighted by Gasteiger charge is 2.59. The fraction of sp³-hybridized carbons (Fsp3) is 0.263. The predicted octanol–water partition coefficient (Wildman–Crippen LogP) is 0.966. The van der Waals surface area contributed by atoms with Gasteiger partial charge in [-0.2, -0.15) is 4.72 Å². The zero-order chi connectivity index (χ0) is 22.8. The fourth-order valence-electron chi connectivity index (χ4n) is 3.10. The Morgan fingerprint density at radius 1 is 1.16 bits per heavy atom. The molecule has 3 rings (SSSR count). The van der Waals surface area contributed by atoms with E-state index in [1.54, 1.807) is 0 Å². The molecule has 1 heterocycles. The SMILES string of the molecule is COC1CC(NS(=O)(=O)c2ccc(Oc3ccc(F)cc3)cc2)(C(=O)O)C(C(N)=O)O1. The van der Waals surface area contributed by atoms with Gasteiger partial charge >= 0.3 is 5.97 Å². The van der Waals surface area contributed by atoms with Crippen LogP contribution >= 0.6 is 0 Å². The minimum atomic E-state index is -4.42. The van der Waals surface area contributed by atoms with E-state index in [1.165, 1.54) is 55.6 Å². The molecule has 4 N–H and O–H groups in total. The number of aliphatic carboxylic acids is 1. The number of hydrogen-bond donors (Lipinski definition) is 3. The second kappa shape index (κ2) is 8.59. The number of hydrogen-bond acceptors (Lipinski definition) is 7. The van der Waals surface area contributed by atoms with Crippen LogP contribution in [-0.4, -0.2) is 50.4 Å². The zero-order valence-corrected chi connectivity index (χ0v) is 17.0. The van der Waals surface area contributed by atoms with Gasteiger partial charge in [-0.25, -0.2) is 12.8 Å². The summed E-state index contributed by atoms with van der Waals surface area (Å²) >= 11 is 0. The Bertz CT molecular complexity index is 1080. The summed E-state index contributed by atoms with van der Waals surface area (Å²) in [5.74, 6) is -2.65. The molecule has 1 saturated heterocycles. The summed E-state index contributed by atoms with van der Waals surface area (Å²) in [7, 11) is -3.20. The largest absolute Gasteiger partial charge is 0.480 e. The van der Waals surface area contributed by atoms with Crippen LogP contribution in [0.3, 0.4) is 0 Å². The number of carboxylic acid groups (broad SMARTS) is 1. The molecule has 0 radical (unpaired) electrons. The molecule has 1 amide bonds. The second-order valence-corrected chi connectivity index (χ2v) is 8.38. The molecule has 1 aliphatic rings. The molecule has 3 atom stereocenters. The van der Waals surface area contributed by atoms with E-state index in [1.807, 2.05) is 4.72 Å². The maximum Gasteiger partial charge on any atom is 0.328 e. The smallest absolute Gasteiger partial charge is 0.328 e. The summed E-state index contributed by atoms with van der Waals surface area (Å²) in [6.07, 6.45) is -3.41. The molecule has 0 spiro atoms. The van der Waals surface area contributed by atoms with Crippen molar-refractivity contribution in [1.82, 2.24) is 4.72 Å². The summed E-state index contributed by atoms with van der Waals surface area (Å²) in [4.78, 5) is 23.4. The molecule has 0 aromatic heterocycles. The third-order valence-electron chi connectivity index (χ3n) is 4.63. The number of carbonyl (C=O) groups excluding carboxylic acids is 1. The van der Waals surface area contributed by atoms with Crippen molar-refractivity contribution in [2.75, 3.05) is 7.11 Å². The summed E-state index contributed by atoms with van der Waals surface area (Å²) in [6, 6.07) is 10.2. The third-order valence-corrected chi connectivity index (χ3v) is 6.15. The number of methoxy groups -OCH3 is 1. The van der Waals surface area contributed by atoms with Crippen LogP contribution in [0.1, 0.15) is 6.42 Å². The van der Waals surface area contributed by atoms with E-state index in [0.717, 1.165) is 0 Å². The first-order valence-electron chi connectivity index (χ1n) is 8.86. The van der Waals surface area contributed by atoms with E-state index in [4.69, 9.17) is 19.9 Å². The van der Waals surface area contributed by atoms with E-state index in [2.05, 4.69) is 0 Å². The summed E-state index contributed by atoms with van der Waals surface area (Å²) < 4.78 is 56.3. The average Bonchev–Trinajstić information content (AvgIpc) is 3.10. The molecule has 2 aromatic carbocycles. The van der Waals surface area contributed by atoms with Gasteiger partial charge in [-0.05, 0) is 48.5 Å². The Morgan fingerprint density at radius 3 is 2.19 bits per heavy atom. The lowest BCUT2D eigenvalue weighted by Gasteiger charge is -2.28. The highest BCUT2D eigenvalue weighted by molar-refractivity contribution is 7.89. The van der Waals surface area contributed by atoms with Gasteiger partial charge in [-0.3, -0.25) is 9.59 Å². The number of carboxylic acids is 1. The number of rotatable bonds is 8. The van der Waals surface area contributed by atoms with Crippen LogP contribution in [0.5, 0.6) is 11.5 Å². The van der Waals surface area contributed by atoms with Crippen molar-refractivity contribution in [3.63, 3.8) is 0 Å². The maximum absolute atomic E-state index is 13.0. The highest BCUT2D eigenvalue weighted by Crippen LogP contribution is 2.33. The number of benzene rings is 2. The van der Waals surface area contributed by atoms with E-state index in [9.17, 15) is 27.5 Å². The Morgan fingerprint density at radius 2 is 1.71 bits per heavy atom. The molecule has 3 unspecified atom stereocenters. The minimum Gasteiger partial charge on any atom is -0.480 e. The van der Waals surface area contributed by atoms with Gasteiger partial charge < -0.3 is 25.1 Å². The van der Waals surface area contributed by atoms with Gasteiger partial charge in [0, 0.05) is 13.5 Å². The van der Waals surface area contributed by atoms with Gasteiger partial charge in [-0.1, -0.05) is 0 Å². The second-order valence-electron chi connectivity index (χ2n) is 6.70. The van der Waals surface area contributed by atoms with Gasteiger partial charge in [0.2, 0.25) is 15.9 Å². The summed E-state index contributed by atoms with van der Waals surface area (Å²) in [5, 5.41) is 9.72. The Hall–Kier alpha value is -3.06. The van der Waals surface area contributed by atoms with Crippen molar-refractivity contribution in [2.24, 2.45) is 5.73 Å². The number of amides is 1. The molecule has 166 valence electrons. The monoisotopic (exact) mass is 454 g/mol. The van der Waals surface area contributed by atoms with Crippen LogP contribution in [0, 0.1) is 5.82 Å². The van der Waals surface area contributed by atoms with Gasteiger partial charge in [0.15, 0.2) is 17.9 Å². The molecular weight excluding hydrogens is 435 g/mol. The van der Waals surface area contributed by atoms with Crippen molar-refractivity contribution in [3.05, 3.63) is 54.3 Å². The molecule has 0 aliphatic carbocycles. The Kier molecular flexibility index (Phi) is 6.27. The molecule has 1 aliphatic heterocycles.